The van der Waals surface area contributed by atoms with E-state index in [0.717, 1.165) is 55.6 Å². The minimum Gasteiger partial charge on any atom is -0.391 e. The number of rotatable bonds is 5. The minimum atomic E-state index is -0.723. The summed E-state index contributed by atoms with van der Waals surface area (Å²) in [6.45, 7) is 4.73. The van der Waals surface area contributed by atoms with Crippen molar-refractivity contribution in [2.75, 3.05) is 16.8 Å². The van der Waals surface area contributed by atoms with Gasteiger partial charge in [-0.3, -0.25) is 4.79 Å². The van der Waals surface area contributed by atoms with Crippen molar-refractivity contribution in [3.8, 4) is 0 Å². The number of aliphatic hydroxyl groups excluding tert-OH is 1. The standard InChI is InChI=1S/C24H29N2O2/c1-17(27)23(18-8-4-2-5-9-18)26-15-14-20-16-21(12-13-22(20)26)25-24(28)19-10-6-3-7-11-19/h2,4-5,8-9,12-13,16-17,19,23,27H,1,3,6-7,10-11,14-15H2,(H,25,28)/t17-,23+/m0/s1. The fourth-order valence-corrected chi connectivity index (χ4v) is 4.66. The Morgan fingerprint density at radius 3 is 2.57 bits per heavy atom. The topological polar surface area (TPSA) is 52.6 Å². The maximum Gasteiger partial charge on any atom is 0.227 e. The second-order valence-corrected chi connectivity index (χ2v) is 8.03. The van der Waals surface area contributed by atoms with Crippen LogP contribution < -0.4 is 10.2 Å². The predicted octanol–water partition coefficient (Wildman–Crippen LogP) is 4.50. The van der Waals surface area contributed by atoms with Gasteiger partial charge in [0.25, 0.3) is 0 Å². The molecule has 1 saturated carbocycles. The monoisotopic (exact) mass is 377 g/mol. The lowest BCUT2D eigenvalue weighted by molar-refractivity contribution is -0.120. The van der Waals surface area contributed by atoms with Crippen molar-refractivity contribution in [1.82, 2.24) is 0 Å². The Bertz CT molecular complexity index is 813. The van der Waals surface area contributed by atoms with Gasteiger partial charge in [0.1, 0.15) is 0 Å². The zero-order valence-corrected chi connectivity index (χ0v) is 16.3. The van der Waals surface area contributed by atoms with E-state index in [2.05, 4.69) is 29.3 Å². The summed E-state index contributed by atoms with van der Waals surface area (Å²) in [4.78, 5) is 14.8. The van der Waals surface area contributed by atoms with Crippen LogP contribution in [0.3, 0.4) is 0 Å². The van der Waals surface area contributed by atoms with E-state index in [9.17, 15) is 9.90 Å². The predicted molar refractivity (Wildman–Crippen MR) is 113 cm³/mol. The fraction of sp³-hybridized carbons (Fsp3) is 0.417. The van der Waals surface area contributed by atoms with Gasteiger partial charge in [-0.25, -0.2) is 0 Å². The summed E-state index contributed by atoms with van der Waals surface area (Å²) in [7, 11) is 0. The van der Waals surface area contributed by atoms with E-state index in [1.807, 2.05) is 36.4 Å². The molecule has 0 aromatic heterocycles. The highest BCUT2D eigenvalue weighted by atomic mass is 16.3. The number of hydrogen-bond donors (Lipinski definition) is 2. The molecular weight excluding hydrogens is 348 g/mol. The van der Waals surface area contributed by atoms with Crippen molar-refractivity contribution in [2.45, 2.75) is 50.7 Å². The van der Waals surface area contributed by atoms with Gasteiger partial charge in [0.2, 0.25) is 5.91 Å². The first-order valence-electron chi connectivity index (χ1n) is 10.4. The molecule has 2 atom stereocenters. The number of nitrogens with one attached hydrogen (secondary N) is 1. The molecule has 0 unspecified atom stereocenters. The minimum absolute atomic E-state index is 0.155. The van der Waals surface area contributed by atoms with E-state index in [1.54, 1.807) is 0 Å². The molecule has 4 heteroatoms. The number of hydrogen-bond acceptors (Lipinski definition) is 3. The van der Waals surface area contributed by atoms with Gasteiger partial charge >= 0.3 is 0 Å². The molecule has 0 saturated heterocycles. The third-order valence-corrected chi connectivity index (χ3v) is 6.10. The molecule has 1 radical (unpaired) electrons. The fourth-order valence-electron chi connectivity index (χ4n) is 4.66. The van der Waals surface area contributed by atoms with Crippen LogP contribution >= 0.6 is 0 Å². The normalized spacial score (nSPS) is 19.1. The summed E-state index contributed by atoms with van der Waals surface area (Å²) in [5.74, 6) is 0.312. The molecule has 2 aliphatic rings. The van der Waals surface area contributed by atoms with Crippen LogP contribution in [-0.4, -0.2) is 23.7 Å². The van der Waals surface area contributed by atoms with Crippen molar-refractivity contribution < 1.29 is 9.90 Å². The summed E-state index contributed by atoms with van der Waals surface area (Å²) in [5, 5.41) is 13.5. The second-order valence-electron chi connectivity index (χ2n) is 8.03. The van der Waals surface area contributed by atoms with Crippen molar-refractivity contribution in [3.63, 3.8) is 0 Å². The Morgan fingerprint density at radius 1 is 1.11 bits per heavy atom. The van der Waals surface area contributed by atoms with Crippen LogP contribution in [0.25, 0.3) is 0 Å². The van der Waals surface area contributed by atoms with E-state index in [4.69, 9.17) is 0 Å². The summed E-state index contributed by atoms with van der Waals surface area (Å²) in [6.07, 6.45) is 5.75. The van der Waals surface area contributed by atoms with Crippen LogP contribution in [0.5, 0.6) is 0 Å². The van der Waals surface area contributed by atoms with E-state index in [1.165, 1.54) is 12.0 Å². The Morgan fingerprint density at radius 2 is 1.86 bits per heavy atom. The van der Waals surface area contributed by atoms with Gasteiger partial charge < -0.3 is 15.3 Å². The Hall–Kier alpha value is -2.33. The highest BCUT2D eigenvalue weighted by Crippen LogP contribution is 2.38. The molecule has 0 bridgehead atoms. The Labute approximate surface area is 167 Å². The third kappa shape index (κ3) is 3.93. The number of carbonyl (C=O) groups excluding carboxylic acids is 1. The number of nitrogens with zero attached hydrogens (tertiary/aromatic N) is 1. The molecule has 1 fully saturated rings. The van der Waals surface area contributed by atoms with Gasteiger partial charge in [-0.1, -0.05) is 49.6 Å². The molecule has 1 aliphatic heterocycles. The summed E-state index contributed by atoms with van der Waals surface area (Å²) in [6, 6.07) is 16.0. The van der Waals surface area contributed by atoms with Crippen molar-refractivity contribution in [1.29, 1.82) is 0 Å². The van der Waals surface area contributed by atoms with Gasteiger partial charge in [0.15, 0.2) is 0 Å². The molecule has 28 heavy (non-hydrogen) atoms. The largest absolute Gasteiger partial charge is 0.391 e. The molecule has 4 rings (SSSR count). The van der Waals surface area contributed by atoms with Crippen LogP contribution in [0.2, 0.25) is 0 Å². The molecule has 1 aliphatic carbocycles. The van der Waals surface area contributed by atoms with Crippen LogP contribution in [-0.2, 0) is 11.2 Å². The van der Waals surface area contributed by atoms with E-state index in [0.29, 0.717) is 0 Å². The lowest BCUT2D eigenvalue weighted by atomic mass is 9.88. The maximum absolute atomic E-state index is 12.6. The molecule has 4 nitrogen and oxygen atoms in total. The summed E-state index contributed by atoms with van der Waals surface area (Å²) in [5.41, 5.74) is 4.27. The molecule has 2 N–H and O–H groups in total. The van der Waals surface area contributed by atoms with E-state index < -0.39 is 6.10 Å². The summed E-state index contributed by atoms with van der Waals surface area (Å²) < 4.78 is 0. The van der Waals surface area contributed by atoms with Crippen molar-refractivity contribution in [3.05, 3.63) is 66.6 Å². The molecule has 2 aromatic rings. The van der Waals surface area contributed by atoms with Crippen LogP contribution in [0.15, 0.2) is 48.5 Å². The number of aliphatic hydroxyl groups is 1. The number of fused-ring (bicyclic) bond motifs is 1. The van der Waals surface area contributed by atoms with Gasteiger partial charge in [-0.2, -0.15) is 0 Å². The average molecular weight is 378 g/mol. The zero-order valence-electron chi connectivity index (χ0n) is 16.3. The maximum atomic E-state index is 12.6. The SMILES string of the molecule is [CH2][C@H](O)[C@H](c1ccccc1)N1CCc2cc(NC(=O)C3CCCCC3)ccc21. The van der Waals surface area contributed by atoms with Crippen molar-refractivity contribution in [2.24, 2.45) is 5.92 Å². The first-order valence-corrected chi connectivity index (χ1v) is 10.4. The van der Waals surface area contributed by atoms with Crippen LogP contribution in [0.4, 0.5) is 11.4 Å². The number of carbonyl (C=O) groups is 1. The van der Waals surface area contributed by atoms with E-state index >= 15 is 0 Å². The Kier molecular flexibility index (Phi) is 5.67. The smallest absolute Gasteiger partial charge is 0.227 e. The van der Waals surface area contributed by atoms with Gasteiger partial charge in [-0.15, -0.1) is 0 Å². The quantitative estimate of drug-likeness (QED) is 0.806. The van der Waals surface area contributed by atoms with Gasteiger partial charge in [0.05, 0.1) is 12.1 Å². The second kappa shape index (κ2) is 8.36. The lowest BCUT2D eigenvalue weighted by Crippen LogP contribution is -2.34. The van der Waals surface area contributed by atoms with Crippen LogP contribution in [0.1, 0.15) is 49.3 Å². The van der Waals surface area contributed by atoms with E-state index in [-0.39, 0.29) is 17.9 Å². The third-order valence-electron chi connectivity index (χ3n) is 6.10. The number of amides is 1. The molecule has 1 heterocycles. The number of anilines is 2. The zero-order chi connectivity index (χ0) is 19.5. The highest BCUT2D eigenvalue weighted by Gasteiger charge is 2.30. The Balaban J connectivity index is 1.52. The van der Waals surface area contributed by atoms with Gasteiger partial charge in [-0.05, 0) is 55.5 Å². The summed E-state index contributed by atoms with van der Waals surface area (Å²) >= 11 is 0. The first kappa shape index (κ1) is 19.0. The van der Waals surface area contributed by atoms with Crippen molar-refractivity contribution >= 4 is 17.3 Å². The number of benzene rings is 2. The first-order chi connectivity index (χ1) is 13.6. The molecule has 147 valence electrons. The van der Waals surface area contributed by atoms with Crippen LogP contribution in [0, 0.1) is 12.8 Å². The van der Waals surface area contributed by atoms with Gasteiger partial charge in [0, 0.05) is 23.8 Å². The lowest BCUT2D eigenvalue weighted by Gasteiger charge is -2.33. The molecule has 2 aromatic carbocycles. The molecule has 0 spiro atoms. The average Bonchev–Trinajstić information content (AvgIpc) is 3.12. The molecule has 1 amide bonds. The molecular formula is C24H29N2O2. The highest BCUT2D eigenvalue weighted by molar-refractivity contribution is 5.93.